The molecule has 0 aliphatic rings. The molecule has 1 aromatic heterocycles. The summed E-state index contributed by atoms with van der Waals surface area (Å²) >= 11 is 8.98. The number of benzene rings is 1. The van der Waals surface area contributed by atoms with Crippen molar-refractivity contribution in [1.82, 2.24) is 9.97 Å². The van der Waals surface area contributed by atoms with Crippen LogP contribution >= 0.6 is 27.5 Å². The van der Waals surface area contributed by atoms with Gasteiger partial charge in [-0.15, -0.1) is 0 Å². The molecule has 0 saturated carbocycles. The average Bonchev–Trinajstić information content (AvgIpc) is 2.36. The first kappa shape index (κ1) is 13.0. The summed E-state index contributed by atoms with van der Waals surface area (Å²) in [5, 5.41) is 3.04. The second kappa shape index (κ2) is 5.49. The molecule has 0 spiro atoms. The Kier molecular flexibility index (Phi) is 3.98. The Bertz CT molecular complexity index is 582. The molecular weight excluding hydrogens is 324 g/mol. The lowest BCUT2D eigenvalue weighted by molar-refractivity contribution is 0.460. The maximum absolute atomic E-state index is 13.1. The Labute approximate surface area is 116 Å². The van der Waals surface area contributed by atoms with Gasteiger partial charge in [-0.05, 0) is 34.1 Å². The third kappa shape index (κ3) is 2.88. The maximum atomic E-state index is 13.1. The molecule has 0 saturated heterocycles. The van der Waals surface area contributed by atoms with Crippen molar-refractivity contribution in [1.29, 1.82) is 0 Å². The predicted molar refractivity (Wildman–Crippen MR) is 70.8 cm³/mol. The fraction of sp³-hybridized carbons (Fsp3) is 0.0909. The van der Waals surface area contributed by atoms with Crippen LogP contribution in [-0.2, 0) is 0 Å². The summed E-state index contributed by atoms with van der Waals surface area (Å²) in [7, 11) is 1.68. The summed E-state index contributed by atoms with van der Waals surface area (Å²) in [5.74, 6) is 0.642. The van der Waals surface area contributed by atoms with Gasteiger partial charge in [0.25, 0.3) is 0 Å². The van der Waals surface area contributed by atoms with E-state index in [0.717, 1.165) is 0 Å². The summed E-state index contributed by atoms with van der Waals surface area (Å²) in [5.41, 5.74) is 0. The van der Waals surface area contributed by atoms with Crippen molar-refractivity contribution in [3.8, 4) is 11.6 Å². The number of nitrogens with zero attached hydrogens (tertiary/aromatic N) is 2. The van der Waals surface area contributed by atoms with Gasteiger partial charge in [-0.3, -0.25) is 0 Å². The summed E-state index contributed by atoms with van der Waals surface area (Å²) in [6.45, 7) is 0. The molecule has 4 nitrogen and oxygen atoms in total. The third-order valence-electron chi connectivity index (χ3n) is 2.04. The molecule has 18 heavy (non-hydrogen) atoms. The van der Waals surface area contributed by atoms with E-state index in [1.165, 1.54) is 24.4 Å². The average molecular weight is 333 g/mol. The van der Waals surface area contributed by atoms with Crippen molar-refractivity contribution in [2.24, 2.45) is 0 Å². The van der Waals surface area contributed by atoms with Crippen LogP contribution in [0.3, 0.4) is 0 Å². The first-order chi connectivity index (χ1) is 8.60. The van der Waals surface area contributed by atoms with Crippen LogP contribution in [0.25, 0.3) is 0 Å². The molecule has 0 unspecified atom stereocenters. The molecule has 2 rings (SSSR count). The lowest BCUT2D eigenvalue weighted by atomic mass is 10.3. The van der Waals surface area contributed by atoms with E-state index in [9.17, 15) is 4.39 Å². The van der Waals surface area contributed by atoms with Crippen LogP contribution in [0.15, 0.2) is 28.9 Å². The lowest BCUT2D eigenvalue weighted by Gasteiger charge is -2.08. The molecule has 2 aromatic rings. The molecular formula is C11H8BrClFN3O. The summed E-state index contributed by atoms with van der Waals surface area (Å²) in [4.78, 5) is 7.98. The van der Waals surface area contributed by atoms with Gasteiger partial charge < -0.3 is 10.1 Å². The van der Waals surface area contributed by atoms with E-state index in [-0.39, 0.29) is 16.7 Å². The number of rotatable bonds is 3. The predicted octanol–water partition coefficient (Wildman–Crippen LogP) is 3.87. The minimum Gasteiger partial charge on any atom is -0.437 e. The number of anilines is 1. The Morgan fingerprint density at radius 3 is 2.89 bits per heavy atom. The van der Waals surface area contributed by atoms with Crippen molar-refractivity contribution in [3.63, 3.8) is 0 Å². The molecule has 1 N–H and O–H groups in total. The van der Waals surface area contributed by atoms with Crippen molar-refractivity contribution in [2.75, 3.05) is 12.4 Å². The Hall–Kier alpha value is -1.40. The molecule has 0 bridgehead atoms. The number of halogens is 3. The monoisotopic (exact) mass is 331 g/mol. The molecule has 1 heterocycles. The van der Waals surface area contributed by atoms with Gasteiger partial charge in [0.05, 0.1) is 10.7 Å². The smallest absolute Gasteiger partial charge is 0.243 e. The van der Waals surface area contributed by atoms with Crippen LogP contribution in [0.1, 0.15) is 0 Å². The zero-order chi connectivity index (χ0) is 13.1. The van der Waals surface area contributed by atoms with Gasteiger partial charge >= 0.3 is 0 Å². The third-order valence-corrected chi connectivity index (χ3v) is 2.91. The topological polar surface area (TPSA) is 47.0 Å². The van der Waals surface area contributed by atoms with E-state index in [1.807, 2.05) is 0 Å². The van der Waals surface area contributed by atoms with Gasteiger partial charge in [0.15, 0.2) is 0 Å². The van der Waals surface area contributed by atoms with Crippen LogP contribution in [0, 0.1) is 5.82 Å². The van der Waals surface area contributed by atoms with E-state index < -0.39 is 0 Å². The molecule has 0 fully saturated rings. The molecule has 94 valence electrons. The van der Waals surface area contributed by atoms with Crippen LogP contribution in [-0.4, -0.2) is 17.0 Å². The standard InChI is InChI=1S/C11H8BrClFN3O/c1-15-11-16-5-8(13)10(17-11)18-6-2-3-9(14)7(12)4-6/h2-5H,1H3,(H,15,16,17). The fourth-order valence-corrected chi connectivity index (χ4v) is 1.68. The second-order valence-corrected chi connectivity index (χ2v) is 4.54. The van der Waals surface area contributed by atoms with Gasteiger partial charge in [-0.25, -0.2) is 9.37 Å². The van der Waals surface area contributed by atoms with Crippen LogP contribution in [0.4, 0.5) is 10.3 Å². The minimum absolute atomic E-state index is 0.203. The van der Waals surface area contributed by atoms with Crippen LogP contribution in [0.5, 0.6) is 11.6 Å². The molecule has 0 radical (unpaired) electrons. The highest BCUT2D eigenvalue weighted by atomic mass is 79.9. The van der Waals surface area contributed by atoms with Crippen molar-refractivity contribution < 1.29 is 9.13 Å². The number of ether oxygens (including phenoxy) is 1. The maximum Gasteiger partial charge on any atom is 0.243 e. The van der Waals surface area contributed by atoms with Crippen molar-refractivity contribution in [3.05, 3.63) is 39.7 Å². The quantitative estimate of drug-likeness (QED) is 0.927. The van der Waals surface area contributed by atoms with Crippen LogP contribution in [0.2, 0.25) is 5.02 Å². The lowest BCUT2D eigenvalue weighted by Crippen LogP contribution is -1.98. The van der Waals surface area contributed by atoms with Gasteiger partial charge in [0.1, 0.15) is 16.6 Å². The largest absolute Gasteiger partial charge is 0.437 e. The SMILES string of the molecule is CNc1ncc(Cl)c(Oc2ccc(F)c(Br)c2)n1. The summed E-state index contributed by atoms with van der Waals surface area (Å²) < 4.78 is 18.8. The second-order valence-electron chi connectivity index (χ2n) is 3.27. The van der Waals surface area contributed by atoms with E-state index in [4.69, 9.17) is 16.3 Å². The molecule has 7 heteroatoms. The number of hydrogen-bond donors (Lipinski definition) is 1. The van der Waals surface area contributed by atoms with Crippen molar-refractivity contribution in [2.45, 2.75) is 0 Å². The van der Waals surface area contributed by atoms with Crippen LogP contribution < -0.4 is 10.1 Å². The van der Waals surface area contributed by atoms with Gasteiger partial charge in [0.2, 0.25) is 11.8 Å². The number of nitrogens with one attached hydrogen (secondary N) is 1. The zero-order valence-electron chi connectivity index (χ0n) is 9.25. The summed E-state index contributed by atoms with van der Waals surface area (Å²) in [6.07, 6.45) is 1.42. The van der Waals surface area contributed by atoms with Gasteiger partial charge in [0, 0.05) is 7.05 Å². The molecule has 1 aromatic carbocycles. The fourth-order valence-electron chi connectivity index (χ4n) is 1.20. The zero-order valence-corrected chi connectivity index (χ0v) is 11.6. The van der Waals surface area contributed by atoms with E-state index in [0.29, 0.717) is 16.2 Å². The molecule has 0 amide bonds. The van der Waals surface area contributed by atoms with Gasteiger partial charge in [-0.1, -0.05) is 11.6 Å². The highest BCUT2D eigenvalue weighted by Crippen LogP contribution is 2.29. The number of aromatic nitrogens is 2. The van der Waals surface area contributed by atoms with Gasteiger partial charge in [-0.2, -0.15) is 4.98 Å². The highest BCUT2D eigenvalue weighted by molar-refractivity contribution is 9.10. The van der Waals surface area contributed by atoms with E-state index in [2.05, 4.69) is 31.2 Å². The normalized spacial score (nSPS) is 10.2. The highest BCUT2D eigenvalue weighted by Gasteiger charge is 2.08. The Morgan fingerprint density at radius 1 is 1.44 bits per heavy atom. The van der Waals surface area contributed by atoms with Crippen molar-refractivity contribution >= 4 is 33.5 Å². The summed E-state index contributed by atoms with van der Waals surface area (Å²) in [6, 6.07) is 4.26. The van der Waals surface area contributed by atoms with E-state index >= 15 is 0 Å². The molecule has 0 aliphatic carbocycles. The molecule has 0 aliphatic heterocycles. The Morgan fingerprint density at radius 2 is 2.22 bits per heavy atom. The number of hydrogen-bond acceptors (Lipinski definition) is 4. The first-order valence-electron chi connectivity index (χ1n) is 4.93. The van der Waals surface area contributed by atoms with E-state index in [1.54, 1.807) is 7.05 Å². The first-order valence-corrected chi connectivity index (χ1v) is 6.10. The minimum atomic E-state index is -0.368. The Balaban J connectivity index is 2.30. The molecule has 0 atom stereocenters.